The first kappa shape index (κ1) is 15.2. The molecule has 3 heteroatoms. The zero-order valence-corrected chi connectivity index (χ0v) is 13.5. The van der Waals surface area contributed by atoms with Crippen LogP contribution in [-0.4, -0.2) is 34.9 Å². The van der Waals surface area contributed by atoms with Gasteiger partial charge in [0.25, 0.3) is 0 Å². The van der Waals surface area contributed by atoms with Crippen LogP contribution in [0.4, 0.5) is 0 Å². The Morgan fingerprint density at radius 1 is 1.10 bits per heavy atom. The molecule has 2 nitrogen and oxygen atoms in total. The van der Waals surface area contributed by atoms with Gasteiger partial charge in [-0.2, -0.15) is 11.8 Å². The van der Waals surface area contributed by atoms with Crippen molar-refractivity contribution in [3.05, 3.63) is 0 Å². The van der Waals surface area contributed by atoms with E-state index in [-0.39, 0.29) is 11.7 Å². The van der Waals surface area contributed by atoms with Crippen LogP contribution < -0.4 is 0 Å². The van der Waals surface area contributed by atoms with Crippen LogP contribution in [0.5, 0.6) is 0 Å². The number of aliphatic hydroxyl groups excluding tert-OH is 1. The number of hydrogen-bond acceptors (Lipinski definition) is 3. The van der Waals surface area contributed by atoms with E-state index in [1.807, 2.05) is 0 Å². The zero-order valence-electron chi connectivity index (χ0n) is 12.7. The molecule has 0 aromatic rings. The summed E-state index contributed by atoms with van der Waals surface area (Å²) in [5.41, 5.74) is 0.143. The molecule has 2 saturated heterocycles. The molecule has 2 unspecified atom stereocenters. The molecule has 1 saturated carbocycles. The molecule has 2 aliphatic heterocycles. The van der Waals surface area contributed by atoms with Gasteiger partial charge in [0.2, 0.25) is 0 Å². The smallest absolute Gasteiger partial charge is 0.0686 e. The zero-order chi connectivity index (χ0) is 13.8. The molecule has 0 bridgehead atoms. The lowest BCUT2D eigenvalue weighted by Crippen LogP contribution is -2.44. The molecule has 3 rings (SSSR count). The molecule has 116 valence electrons. The Morgan fingerprint density at radius 2 is 1.85 bits per heavy atom. The topological polar surface area (TPSA) is 29.5 Å². The fourth-order valence-electron chi connectivity index (χ4n) is 4.45. The summed E-state index contributed by atoms with van der Waals surface area (Å²) in [6.45, 7) is 0.877. The molecule has 2 atom stereocenters. The molecule has 1 N–H and O–H groups in total. The fraction of sp³-hybridized carbons (Fsp3) is 1.00. The Morgan fingerprint density at radius 3 is 2.60 bits per heavy atom. The summed E-state index contributed by atoms with van der Waals surface area (Å²) in [7, 11) is 0. The Labute approximate surface area is 128 Å². The summed E-state index contributed by atoms with van der Waals surface area (Å²) >= 11 is 2.08. The van der Waals surface area contributed by atoms with Crippen LogP contribution >= 0.6 is 11.8 Å². The average Bonchev–Trinajstić information content (AvgIpc) is 2.49. The summed E-state index contributed by atoms with van der Waals surface area (Å²) in [6.07, 6.45) is 12.3. The van der Waals surface area contributed by atoms with Crippen LogP contribution in [0.2, 0.25) is 0 Å². The molecule has 0 radical (unpaired) electrons. The second-order valence-electron chi connectivity index (χ2n) is 7.20. The van der Waals surface area contributed by atoms with Crippen LogP contribution in [-0.2, 0) is 4.74 Å². The van der Waals surface area contributed by atoms with E-state index >= 15 is 0 Å². The number of hydrogen-bond donors (Lipinski definition) is 1. The van der Waals surface area contributed by atoms with E-state index in [4.69, 9.17) is 4.74 Å². The highest BCUT2D eigenvalue weighted by Crippen LogP contribution is 2.42. The minimum Gasteiger partial charge on any atom is -0.393 e. The van der Waals surface area contributed by atoms with Crippen LogP contribution in [0, 0.1) is 11.8 Å². The normalized spacial score (nSPS) is 33.1. The van der Waals surface area contributed by atoms with Gasteiger partial charge < -0.3 is 9.84 Å². The molecule has 0 aromatic heterocycles. The molecule has 3 aliphatic rings. The van der Waals surface area contributed by atoms with Gasteiger partial charge in [0.15, 0.2) is 0 Å². The largest absolute Gasteiger partial charge is 0.393 e. The summed E-state index contributed by atoms with van der Waals surface area (Å²) < 4.78 is 6.16. The van der Waals surface area contributed by atoms with Crippen molar-refractivity contribution in [1.82, 2.24) is 0 Å². The highest BCUT2D eigenvalue weighted by atomic mass is 32.2. The van der Waals surface area contributed by atoms with E-state index in [2.05, 4.69) is 11.8 Å². The lowest BCUT2D eigenvalue weighted by molar-refractivity contribution is -0.135. The molecule has 0 amide bonds. The molecule has 0 aromatic carbocycles. The molecular weight excluding hydrogens is 268 g/mol. The van der Waals surface area contributed by atoms with Crippen molar-refractivity contribution in [3.8, 4) is 0 Å². The first-order valence-electron chi connectivity index (χ1n) is 8.67. The molecule has 1 aliphatic carbocycles. The Balaban J connectivity index is 1.52. The Kier molecular flexibility index (Phi) is 5.33. The van der Waals surface area contributed by atoms with Crippen LogP contribution in [0.15, 0.2) is 0 Å². The van der Waals surface area contributed by atoms with E-state index in [9.17, 15) is 5.11 Å². The van der Waals surface area contributed by atoms with Gasteiger partial charge in [-0.15, -0.1) is 0 Å². The highest BCUT2D eigenvalue weighted by Gasteiger charge is 2.40. The predicted octanol–water partition coefficient (Wildman–Crippen LogP) is 4.01. The maximum Gasteiger partial charge on any atom is 0.0686 e. The number of rotatable bonds is 3. The third-order valence-corrected chi connectivity index (χ3v) is 6.80. The summed E-state index contributed by atoms with van der Waals surface area (Å²) in [5, 5.41) is 10.7. The predicted molar refractivity (Wildman–Crippen MR) is 85.2 cm³/mol. The molecule has 3 fully saturated rings. The van der Waals surface area contributed by atoms with E-state index < -0.39 is 0 Å². The quantitative estimate of drug-likeness (QED) is 0.853. The van der Waals surface area contributed by atoms with Crippen LogP contribution in [0.25, 0.3) is 0 Å². The first-order valence-corrected chi connectivity index (χ1v) is 9.83. The molecular formula is C17H30O2S. The first-order chi connectivity index (χ1) is 9.77. The Hall–Kier alpha value is 0.270. The van der Waals surface area contributed by atoms with Crippen molar-refractivity contribution < 1.29 is 9.84 Å². The monoisotopic (exact) mass is 298 g/mol. The van der Waals surface area contributed by atoms with Crippen molar-refractivity contribution in [2.24, 2.45) is 11.8 Å². The minimum atomic E-state index is -0.0780. The fourth-order valence-corrected chi connectivity index (χ4v) is 5.66. The van der Waals surface area contributed by atoms with Crippen LogP contribution in [0.1, 0.15) is 64.2 Å². The highest BCUT2D eigenvalue weighted by molar-refractivity contribution is 7.99. The van der Waals surface area contributed by atoms with Crippen molar-refractivity contribution in [2.45, 2.75) is 75.9 Å². The van der Waals surface area contributed by atoms with Gasteiger partial charge >= 0.3 is 0 Å². The maximum absolute atomic E-state index is 10.7. The standard InChI is InChI=1S/C17H30O2S/c18-16(12-14-5-10-20-11-6-14)15-4-9-19-17(13-15)7-2-1-3-8-17/h14-16,18H,1-13H2. The van der Waals surface area contributed by atoms with Gasteiger partial charge in [-0.1, -0.05) is 19.3 Å². The van der Waals surface area contributed by atoms with Gasteiger partial charge in [-0.05, 0) is 68.3 Å². The van der Waals surface area contributed by atoms with Gasteiger partial charge in [0, 0.05) is 6.61 Å². The van der Waals surface area contributed by atoms with Gasteiger partial charge in [-0.3, -0.25) is 0 Å². The molecule has 1 spiro atoms. The molecule has 20 heavy (non-hydrogen) atoms. The second kappa shape index (κ2) is 7.02. The van der Waals surface area contributed by atoms with Gasteiger partial charge in [-0.25, -0.2) is 0 Å². The number of thioether (sulfide) groups is 1. The SMILES string of the molecule is OC(CC1CCSCC1)C1CCOC2(CCCCC2)C1. The van der Waals surface area contributed by atoms with E-state index in [0.717, 1.165) is 31.8 Å². The minimum absolute atomic E-state index is 0.0780. The number of aliphatic hydroxyl groups is 1. The lowest BCUT2D eigenvalue weighted by Gasteiger charge is -2.45. The van der Waals surface area contributed by atoms with Crippen molar-refractivity contribution >= 4 is 11.8 Å². The van der Waals surface area contributed by atoms with Gasteiger partial charge in [0.05, 0.1) is 11.7 Å². The van der Waals surface area contributed by atoms with E-state index in [0.29, 0.717) is 5.92 Å². The van der Waals surface area contributed by atoms with Gasteiger partial charge in [0.1, 0.15) is 0 Å². The summed E-state index contributed by atoms with van der Waals surface area (Å²) in [6, 6.07) is 0. The number of ether oxygens (including phenoxy) is 1. The third kappa shape index (κ3) is 3.72. The average molecular weight is 298 g/mol. The summed E-state index contributed by atoms with van der Waals surface area (Å²) in [4.78, 5) is 0. The van der Waals surface area contributed by atoms with E-state index in [1.165, 1.54) is 56.5 Å². The van der Waals surface area contributed by atoms with Crippen LogP contribution in [0.3, 0.4) is 0 Å². The Bertz CT molecular complexity index is 290. The maximum atomic E-state index is 10.7. The second-order valence-corrected chi connectivity index (χ2v) is 8.43. The lowest BCUT2D eigenvalue weighted by atomic mass is 9.73. The van der Waals surface area contributed by atoms with Crippen molar-refractivity contribution in [2.75, 3.05) is 18.1 Å². The van der Waals surface area contributed by atoms with E-state index in [1.54, 1.807) is 0 Å². The molecule has 2 heterocycles. The third-order valence-electron chi connectivity index (χ3n) is 5.76. The van der Waals surface area contributed by atoms with Crippen molar-refractivity contribution in [3.63, 3.8) is 0 Å². The summed E-state index contributed by atoms with van der Waals surface area (Å²) in [5.74, 6) is 3.87. The van der Waals surface area contributed by atoms with Crippen molar-refractivity contribution in [1.29, 1.82) is 0 Å².